The Morgan fingerprint density at radius 3 is 2.48 bits per heavy atom. The summed E-state index contributed by atoms with van der Waals surface area (Å²) >= 11 is 9.19. The maximum absolute atomic E-state index is 12.7. The van der Waals surface area contributed by atoms with Crippen molar-refractivity contribution in [2.75, 3.05) is 18.0 Å². The normalized spacial score (nSPS) is 15.3. The Bertz CT molecular complexity index is 913. The van der Waals surface area contributed by atoms with Crippen LogP contribution in [-0.4, -0.2) is 34.9 Å². The van der Waals surface area contributed by atoms with Crippen molar-refractivity contribution < 1.29 is 22.8 Å². The van der Waals surface area contributed by atoms with E-state index in [1.807, 2.05) is 0 Å². The summed E-state index contributed by atoms with van der Waals surface area (Å²) in [4.78, 5) is 32.5. The predicted molar refractivity (Wildman–Crippen MR) is 103 cm³/mol. The lowest BCUT2D eigenvalue weighted by Crippen LogP contribution is -2.47. The number of hydrazine groups is 1. The molecule has 0 radical (unpaired) electrons. The van der Waals surface area contributed by atoms with E-state index in [2.05, 4.69) is 36.7 Å². The third-order valence-corrected chi connectivity index (χ3v) is 5.24. The lowest BCUT2D eigenvalue weighted by molar-refractivity contribution is -0.137. The largest absolute Gasteiger partial charge is 0.417 e. The minimum atomic E-state index is -4.51. The number of H-pyrrole nitrogens is 1. The van der Waals surface area contributed by atoms with E-state index in [0.717, 1.165) is 12.3 Å². The van der Waals surface area contributed by atoms with Gasteiger partial charge in [-0.15, -0.1) is 0 Å². The minimum Gasteiger partial charge on any atom is -0.356 e. The molecular formula is C17H16BrClF3N5O2. The van der Waals surface area contributed by atoms with Gasteiger partial charge >= 0.3 is 6.18 Å². The van der Waals surface area contributed by atoms with Gasteiger partial charge < -0.3 is 9.88 Å². The van der Waals surface area contributed by atoms with E-state index in [1.54, 1.807) is 17.2 Å². The van der Waals surface area contributed by atoms with Gasteiger partial charge in [-0.05, 0) is 40.9 Å². The monoisotopic (exact) mass is 493 g/mol. The second kappa shape index (κ2) is 8.62. The van der Waals surface area contributed by atoms with E-state index in [-0.39, 0.29) is 28.4 Å². The van der Waals surface area contributed by atoms with Crippen molar-refractivity contribution in [2.45, 2.75) is 19.0 Å². The Hall–Kier alpha value is -2.27. The molecule has 1 fully saturated rings. The molecule has 29 heavy (non-hydrogen) atoms. The van der Waals surface area contributed by atoms with E-state index < -0.39 is 17.6 Å². The number of amides is 2. The maximum atomic E-state index is 12.7. The van der Waals surface area contributed by atoms with E-state index in [1.165, 1.54) is 0 Å². The van der Waals surface area contributed by atoms with Gasteiger partial charge in [-0.2, -0.15) is 13.2 Å². The average molecular weight is 495 g/mol. The topological polar surface area (TPSA) is 90.1 Å². The molecule has 0 aliphatic carbocycles. The Labute approximate surface area is 177 Å². The summed E-state index contributed by atoms with van der Waals surface area (Å²) in [6.45, 7) is 0.793. The molecule has 2 amide bonds. The first-order valence-electron chi connectivity index (χ1n) is 8.57. The zero-order valence-electron chi connectivity index (χ0n) is 14.8. The van der Waals surface area contributed by atoms with Crippen LogP contribution in [0.4, 0.5) is 19.0 Å². The number of hydrogen-bond donors (Lipinski definition) is 3. The summed E-state index contributed by atoms with van der Waals surface area (Å²) in [6.07, 6.45) is -1.30. The number of halogens is 5. The van der Waals surface area contributed by atoms with E-state index >= 15 is 0 Å². The number of alkyl halides is 3. The highest BCUT2D eigenvalue weighted by molar-refractivity contribution is 9.10. The smallest absolute Gasteiger partial charge is 0.356 e. The molecule has 3 heterocycles. The third-order valence-electron chi connectivity index (χ3n) is 4.51. The molecule has 3 rings (SSSR count). The summed E-state index contributed by atoms with van der Waals surface area (Å²) < 4.78 is 38.9. The Morgan fingerprint density at radius 1 is 1.24 bits per heavy atom. The van der Waals surface area contributed by atoms with Crippen molar-refractivity contribution in [3.63, 3.8) is 0 Å². The summed E-state index contributed by atoms with van der Waals surface area (Å²) in [6, 6.07) is 2.41. The zero-order valence-corrected chi connectivity index (χ0v) is 17.2. The number of nitrogens with zero attached hydrogens (tertiary/aromatic N) is 2. The van der Waals surface area contributed by atoms with Gasteiger partial charge in [0.1, 0.15) is 11.5 Å². The summed E-state index contributed by atoms with van der Waals surface area (Å²) in [5.74, 6) is -0.920. The van der Waals surface area contributed by atoms with Gasteiger partial charge in [0.2, 0.25) is 5.91 Å². The highest BCUT2D eigenvalue weighted by atomic mass is 79.9. The quantitative estimate of drug-likeness (QED) is 0.570. The molecule has 1 saturated heterocycles. The highest BCUT2D eigenvalue weighted by Gasteiger charge is 2.33. The number of nitrogens with one attached hydrogen (secondary N) is 3. The summed E-state index contributed by atoms with van der Waals surface area (Å²) in [7, 11) is 0. The van der Waals surface area contributed by atoms with Crippen molar-refractivity contribution in [1.29, 1.82) is 0 Å². The molecule has 7 nitrogen and oxygen atoms in total. The molecule has 156 valence electrons. The van der Waals surface area contributed by atoms with Gasteiger partial charge in [0.25, 0.3) is 5.91 Å². The molecule has 0 spiro atoms. The Balaban J connectivity index is 1.52. The molecule has 0 aromatic carbocycles. The molecule has 0 unspecified atom stereocenters. The molecule has 1 aliphatic rings. The van der Waals surface area contributed by atoms with Gasteiger partial charge in [0, 0.05) is 35.9 Å². The first kappa shape index (κ1) is 21.4. The lowest BCUT2D eigenvalue weighted by Gasteiger charge is -2.32. The number of aromatic amines is 1. The second-order valence-electron chi connectivity index (χ2n) is 6.46. The molecule has 0 atom stereocenters. The van der Waals surface area contributed by atoms with Gasteiger partial charge in [0.05, 0.1) is 10.6 Å². The van der Waals surface area contributed by atoms with Crippen LogP contribution in [0, 0.1) is 5.92 Å². The van der Waals surface area contributed by atoms with E-state index in [9.17, 15) is 22.8 Å². The summed E-state index contributed by atoms with van der Waals surface area (Å²) in [5, 5.41) is -0.0906. The number of hydrogen-bond acceptors (Lipinski definition) is 4. The van der Waals surface area contributed by atoms with Crippen LogP contribution in [0.1, 0.15) is 28.9 Å². The first-order chi connectivity index (χ1) is 13.6. The highest BCUT2D eigenvalue weighted by Crippen LogP contribution is 2.34. The zero-order chi connectivity index (χ0) is 21.2. The van der Waals surface area contributed by atoms with Crippen LogP contribution < -0.4 is 15.8 Å². The number of piperidine rings is 1. The molecule has 12 heteroatoms. The van der Waals surface area contributed by atoms with Gasteiger partial charge in [-0.1, -0.05) is 11.6 Å². The number of rotatable bonds is 3. The van der Waals surface area contributed by atoms with Crippen LogP contribution in [0.25, 0.3) is 0 Å². The van der Waals surface area contributed by atoms with Gasteiger partial charge in [-0.25, -0.2) is 4.98 Å². The fourth-order valence-corrected chi connectivity index (χ4v) is 3.59. The molecule has 2 aromatic heterocycles. The van der Waals surface area contributed by atoms with Crippen LogP contribution >= 0.6 is 27.5 Å². The van der Waals surface area contributed by atoms with Crippen molar-refractivity contribution in [3.8, 4) is 0 Å². The second-order valence-corrected chi connectivity index (χ2v) is 7.79. The number of pyridine rings is 1. The SMILES string of the molecule is O=C(NNC(=O)C1CCN(c2ncc(C(F)(F)F)cc2Cl)CC1)c1cc(Br)c[nH]1. The number of carbonyl (C=O) groups excluding carboxylic acids is 2. The third kappa shape index (κ3) is 5.21. The van der Waals surface area contributed by atoms with Crippen LogP contribution in [0.15, 0.2) is 29.0 Å². The lowest BCUT2D eigenvalue weighted by atomic mass is 9.96. The average Bonchev–Trinajstić information content (AvgIpc) is 3.11. The van der Waals surface area contributed by atoms with Crippen LogP contribution in [0.5, 0.6) is 0 Å². The Kier molecular flexibility index (Phi) is 6.37. The number of aromatic nitrogens is 2. The molecule has 0 bridgehead atoms. The molecule has 2 aromatic rings. The summed E-state index contributed by atoms with van der Waals surface area (Å²) in [5.41, 5.74) is 4.10. The van der Waals surface area contributed by atoms with Crippen LogP contribution in [0.2, 0.25) is 5.02 Å². The fraction of sp³-hybridized carbons (Fsp3) is 0.353. The van der Waals surface area contributed by atoms with Gasteiger partial charge in [0.15, 0.2) is 0 Å². The number of carbonyl (C=O) groups is 2. The molecule has 3 N–H and O–H groups in total. The van der Waals surface area contributed by atoms with Crippen LogP contribution in [-0.2, 0) is 11.0 Å². The Morgan fingerprint density at radius 2 is 1.93 bits per heavy atom. The van der Waals surface area contributed by atoms with Crippen molar-refractivity contribution in [1.82, 2.24) is 20.8 Å². The minimum absolute atomic E-state index is 0.0906. The standard InChI is InChI=1S/C17H16BrClF3N5O2/c18-11-6-13(23-8-11)16(29)26-25-15(28)9-1-3-27(4-2-9)14-12(19)5-10(7-24-14)17(20,21)22/h5-9,23H,1-4H2,(H,25,28)(H,26,29). The predicted octanol–water partition coefficient (Wildman–Crippen LogP) is 3.52. The van der Waals surface area contributed by atoms with Gasteiger partial charge in [-0.3, -0.25) is 20.4 Å². The van der Waals surface area contributed by atoms with E-state index in [0.29, 0.717) is 30.4 Å². The molecule has 0 saturated carbocycles. The van der Waals surface area contributed by atoms with Crippen LogP contribution in [0.3, 0.4) is 0 Å². The van der Waals surface area contributed by atoms with Crippen molar-refractivity contribution in [3.05, 3.63) is 45.3 Å². The molecular weight excluding hydrogens is 479 g/mol. The molecule has 1 aliphatic heterocycles. The number of anilines is 1. The maximum Gasteiger partial charge on any atom is 0.417 e. The van der Waals surface area contributed by atoms with Crippen molar-refractivity contribution in [2.24, 2.45) is 5.92 Å². The fourth-order valence-electron chi connectivity index (χ4n) is 2.96. The van der Waals surface area contributed by atoms with Crippen molar-refractivity contribution >= 4 is 45.2 Å². The van der Waals surface area contributed by atoms with E-state index in [4.69, 9.17) is 11.6 Å². The first-order valence-corrected chi connectivity index (χ1v) is 9.74.